The number of hydrogen-bond donors (Lipinski definition) is 1. The molecule has 1 aliphatic rings. The third kappa shape index (κ3) is 1.68. The minimum absolute atomic E-state index is 0.0358. The van der Waals surface area contributed by atoms with E-state index in [1.165, 1.54) is 5.56 Å². The van der Waals surface area contributed by atoms with E-state index in [0.717, 1.165) is 16.0 Å². The predicted molar refractivity (Wildman–Crippen MR) is 73.2 cm³/mol. The lowest BCUT2D eigenvalue weighted by Gasteiger charge is -1.97. The first-order valence-electron chi connectivity index (χ1n) is 5.77. The third-order valence-corrected chi connectivity index (χ3v) is 4.23. The van der Waals surface area contributed by atoms with E-state index in [4.69, 9.17) is 0 Å². The summed E-state index contributed by atoms with van der Waals surface area (Å²) in [5.74, 6) is 0.251. The van der Waals surface area contributed by atoms with Crippen LogP contribution in [0.15, 0.2) is 35.2 Å². The smallest absolute Gasteiger partial charge is 0.189 e. The highest BCUT2D eigenvalue weighted by Gasteiger charge is 2.26. The van der Waals surface area contributed by atoms with Crippen LogP contribution in [0.1, 0.15) is 26.4 Å². The lowest BCUT2D eigenvalue weighted by atomic mass is 10.1. The minimum atomic E-state index is 0.0358. The average Bonchev–Trinajstić information content (AvgIpc) is 2.88. The summed E-state index contributed by atoms with van der Waals surface area (Å²) in [5.41, 5.74) is 3.33. The fourth-order valence-electron chi connectivity index (χ4n) is 2.22. The van der Waals surface area contributed by atoms with E-state index < -0.39 is 0 Å². The van der Waals surface area contributed by atoms with Gasteiger partial charge in [0.25, 0.3) is 0 Å². The van der Waals surface area contributed by atoms with Crippen molar-refractivity contribution < 1.29 is 9.90 Å². The summed E-state index contributed by atoms with van der Waals surface area (Å²) in [6.45, 7) is 2.03. The summed E-state index contributed by atoms with van der Waals surface area (Å²) >= 11 is 1.63. The zero-order valence-electron chi connectivity index (χ0n) is 9.93. The maximum absolute atomic E-state index is 12.2. The highest BCUT2D eigenvalue weighted by Crippen LogP contribution is 2.34. The molecular weight excluding hydrogens is 244 g/mol. The normalized spacial score (nSPS) is 16.3. The molecule has 0 spiro atoms. The van der Waals surface area contributed by atoms with E-state index in [-0.39, 0.29) is 11.5 Å². The van der Waals surface area contributed by atoms with Crippen LogP contribution < -0.4 is 0 Å². The van der Waals surface area contributed by atoms with Gasteiger partial charge in [0.15, 0.2) is 5.78 Å². The Morgan fingerprint density at radius 1 is 1.33 bits per heavy atom. The second-order valence-corrected chi connectivity index (χ2v) is 5.39. The van der Waals surface area contributed by atoms with Crippen LogP contribution in [0.4, 0.5) is 0 Å². The molecule has 0 fully saturated rings. The quantitative estimate of drug-likeness (QED) is 0.792. The van der Waals surface area contributed by atoms with E-state index in [0.29, 0.717) is 12.0 Å². The van der Waals surface area contributed by atoms with Crippen molar-refractivity contribution in [2.45, 2.75) is 13.3 Å². The number of fused-ring (bicyclic) bond motifs is 1. The molecule has 90 valence electrons. The Kier molecular flexibility index (Phi) is 2.56. The van der Waals surface area contributed by atoms with Crippen molar-refractivity contribution in [2.24, 2.45) is 0 Å². The van der Waals surface area contributed by atoms with Crippen molar-refractivity contribution in [3.05, 3.63) is 56.8 Å². The maximum atomic E-state index is 12.2. The molecule has 1 N–H and O–H groups in total. The van der Waals surface area contributed by atoms with Gasteiger partial charge in [-0.05, 0) is 36.1 Å². The molecule has 3 rings (SSSR count). The van der Waals surface area contributed by atoms with Gasteiger partial charge in [-0.1, -0.05) is 12.1 Å². The molecule has 2 aromatic rings. The molecule has 2 nitrogen and oxygen atoms in total. The third-order valence-electron chi connectivity index (χ3n) is 3.26. The molecule has 3 heteroatoms. The molecule has 0 radical (unpaired) electrons. The van der Waals surface area contributed by atoms with Crippen molar-refractivity contribution in [2.75, 3.05) is 0 Å². The zero-order chi connectivity index (χ0) is 12.7. The van der Waals surface area contributed by atoms with Crippen molar-refractivity contribution in [3.63, 3.8) is 0 Å². The molecule has 0 aliphatic heterocycles. The van der Waals surface area contributed by atoms with Gasteiger partial charge >= 0.3 is 0 Å². The first-order chi connectivity index (χ1) is 8.66. The molecule has 0 saturated heterocycles. The first kappa shape index (κ1) is 11.2. The molecule has 0 saturated carbocycles. The van der Waals surface area contributed by atoms with Gasteiger partial charge in [-0.3, -0.25) is 4.79 Å². The maximum Gasteiger partial charge on any atom is 0.189 e. The Labute approximate surface area is 109 Å². The predicted octanol–water partition coefficient (Wildman–Crippen LogP) is 3.58. The second kappa shape index (κ2) is 4.10. The van der Waals surface area contributed by atoms with Gasteiger partial charge < -0.3 is 5.11 Å². The summed E-state index contributed by atoms with van der Waals surface area (Å²) in [4.78, 5) is 13.3. The Hall–Kier alpha value is -1.87. The summed E-state index contributed by atoms with van der Waals surface area (Å²) in [6, 6.07) is 7.16. The summed E-state index contributed by atoms with van der Waals surface area (Å²) < 4.78 is 0. The van der Waals surface area contributed by atoms with E-state index in [9.17, 15) is 9.90 Å². The van der Waals surface area contributed by atoms with Crippen LogP contribution in [0.5, 0.6) is 5.75 Å². The van der Waals surface area contributed by atoms with Crippen molar-refractivity contribution in [1.82, 2.24) is 0 Å². The number of aromatic hydroxyl groups is 1. The molecule has 1 aromatic carbocycles. The molecule has 0 bridgehead atoms. The number of carbonyl (C=O) groups excluding carboxylic acids is 1. The fourth-order valence-corrected chi connectivity index (χ4v) is 3.11. The van der Waals surface area contributed by atoms with E-state index >= 15 is 0 Å². The average molecular weight is 256 g/mol. The second-order valence-electron chi connectivity index (χ2n) is 4.45. The Morgan fingerprint density at radius 2 is 2.17 bits per heavy atom. The molecule has 18 heavy (non-hydrogen) atoms. The van der Waals surface area contributed by atoms with Gasteiger partial charge in [0.05, 0.1) is 0 Å². The number of Topliss-reactive ketones (excluding diaryl/α,β-unsaturated/α-hetero) is 1. The van der Waals surface area contributed by atoms with Gasteiger partial charge in [0.2, 0.25) is 0 Å². The molecule has 1 aliphatic carbocycles. The van der Waals surface area contributed by atoms with Crippen LogP contribution in [-0.4, -0.2) is 10.9 Å². The topological polar surface area (TPSA) is 37.3 Å². The number of allylic oxidation sites excluding steroid dienone is 1. The van der Waals surface area contributed by atoms with E-state index in [1.807, 2.05) is 24.4 Å². The summed E-state index contributed by atoms with van der Waals surface area (Å²) in [6.07, 6.45) is 2.47. The van der Waals surface area contributed by atoms with Crippen molar-refractivity contribution >= 4 is 23.2 Å². The lowest BCUT2D eigenvalue weighted by molar-refractivity contribution is 0.104. The SMILES string of the molecule is Cc1ccsc1C=C1Cc2c(O)cccc2C1=O. The number of ketones is 1. The van der Waals surface area contributed by atoms with Gasteiger partial charge in [-0.2, -0.15) is 0 Å². The van der Waals surface area contributed by atoms with Crippen LogP contribution in [0.25, 0.3) is 6.08 Å². The standard InChI is InChI=1S/C15H12O2S/c1-9-5-6-18-14(9)8-10-7-12-11(15(10)17)3-2-4-13(12)16/h2-6,8,16H,7H2,1H3. The van der Waals surface area contributed by atoms with E-state index in [1.54, 1.807) is 29.5 Å². The molecule has 0 atom stereocenters. The number of hydrogen-bond acceptors (Lipinski definition) is 3. The van der Waals surface area contributed by atoms with Crippen LogP contribution in [0, 0.1) is 6.92 Å². The highest BCUT2D eigenvalue weighted by molar-refractivity contribution is 7.11. The lowest BCUT2D eigenvalue weighted by Crippen LogP contribution is -1.94. The number of aryl methyl sites for hydroxylation is 1. The number of carbonyl (C=O) groups is 1. The van der Waals surface area contributed by atoms with Gasteiger partial charge in [-0.25, -0.2) is 0 Å². The Bertz CT molecular complexity index is 665. The van der Waals surface area contributed by atoms with Crippen LogP contribution in [0.2, 0.25) is 0 Å². The van der Waals surface area contributed by atoms with Crippen LogP contribution >= 0.6 is 11.3 Å². The largest absolute Gasteiger partial charge is 0.508 e. The fraction of sp³-hybridized carbons (Fsp3) is 0.133. The molecule has 1 heterocycles. The number of phenolic OH excluding ortho intramolecular Hbond substituents is 1. The van der Waals surface area contributed by atoms with Crippen molar-refractivity contribution in [3.8, 4) is 5.75 Å². The molecule has 0 unspecified atom stereocenters. The molecule has 1 aromatic heterocycles. The number of benzene rings is 1. The van der Waals surface area contributed by atoms with Gasteiger partial charge in [0, 0.05) is 28.0 Å². The molecular formula is C15H12O2S. The number of phenols is 1. The number of thiophene rings is 1. The Morgan fingerprint density at radius 3 is 2.83 bits per heavy atom. The summed E-state index contributed by atoms with van der Waals surface area (Å²) in [7, 11) is 0. The van der Waals surface area contributed by atoms with E-state index in [2.05, 4.69) is 0 Å². The highest BCUT2D eigenvalue weighted by atomic mass is 32.1. The van der Waals surface area contributed by atoms with Crippen LogP contribution in [0.3, 0.4) is 0 Å². The Balaban J connectivity index is 2.05. The minimum Gasteiger partial charge on any atom is -0.508 e. The monoisotopic (exact) mass is 256 g/mol. The van der Waals surface area contributed by atoms with Gasteiger partial charge in [0.1, 0.15) is 5.75 Å². The summed E-state index contributed by atoms with van der Waals surface area (Å²) in [5, 5.41) is 11.8. The first-order valence-corrected chi connectivity index (χ1v) is 6.65. The number of rotatable bonds is 1. The molecule has 0 amide bonds. The van der Waals surface area contributed by atoms with Gasteiger partial charge in [-0.15, -0.1) is 11.3 Å². The van der Waals surface area contributed by atoms with Crippen LogP contribution in [-0.2, 0) is 6.42 Å². The van der Waals surface area contributed by atoms with Crippen molar-refractivity contribution in [1.29, 1.82) is 0 Å². The zero-order valence-corrected chi connectivity index (χ0v) is 10.8.